The molecule has 0 atom stereocenters. The number of aryl methyl sites for hydroxylation is 1. The van der Waals surface area contributed by atoms with Crippen LogP contribution in [0.1, 0.15) is 15.9 Å². The van der Waals surface area contributed by atoms with Crippen LogP contribution in [0, 0.1) is 10.5 Å². The Bertz CT molecular complexity index is 409. The van der Waals surface area contributed by atoms with Gasteiger partial charge >= 0.3 is 0 Å². The molecule has 1 aromatic rings. The summed E-state index contributed by atoms with van der Waals surface area (Å²) in [6, 6.07) is 5.66. The molecule has 0 aliphatic heterocycles. The predicted octanol–water partition coefficient (Wildman–Crippen LogP) is 1.68. The van der Waals surface area contributed by atoms with E-state index < -0.39 is 0 Å². The van der Waals surface area contributed by atoms with E-state index in [1.807, 2.05) is 25.1 Å². The van der Waals surface area contributed by atoms with Gasteiger partial charge in [0.2, 0.25) is 0 Å². The number of nitrogens with zero attached hydrogens (tertiary/aromatic N) is 1. The number of aliphatic hydroxyl groups is 1. The van der Waals surface area contributed by atoms with Gasteiger partial charge in [0, 0.05) is 23.8 Å². The third-order valence-corrected chi connectivity index (χ3v) is 4.08. The topological polar surface area (TPSA) is 49.8 Å². The molecule has 1 aromatic carbocycles. The number of methoxy groups -OCH3 is 1. The molecule has 5 heteroatoms. The Balaban J connectivity index is 2.90. The first-order chi connectivity index (χ1) is 8.61. The number of hydrogen-bond donors (Lipinski definition) is 1. The van der Waals surface area contributed by atoms with E-state index >= 15 is 0 Å². The summed E-state index contributed by atoms with van der Waals surface area (Å²) in [4.78, 5) is 14.0. The summed E-state index contributed by atoms with van der Waals surface area (Å²) in [6.07, 6.45) is 0. The SMILES string of the molecule is COCCN(CCO)C(=O)c1cccc(C)c1I. The molecule has 0 spiro atoms. The molecule has 1 N–H and O–H groups in total. The van der Waals surface area contributed by atoms with Gasteiger partial charge in [0.25, 0.3) is 5.91 Å². The molecule has 0 aliphatic carbocycles. The monoisotopic (exact) mass is 363 g/mol. The summed E-state index contributed by atoms with van der Waals surface area (Å²) in [5, 5.41) is 9.02. The molecule has 0 unspecified atom stereocenters. The molecular formula is C13H18INO3. The molecule has 0 radical (unpaired) electrons. The number of halogens is 1. The fraction of sp³-hybridized carbons (Fsp3) is 0.462. The van der Waals surface area contributed by atoms with Crippen molar-refractivity contribution in [2.45, 2.75) is 6.92 Å². The van der Waals surface area contributed by atoms with Gasteiger partial charge in [-0.3, -0.25) is 4.79 Å². The van der Waals surface area contributed by atoms with Crippen LogP contribution in [0.4, 0.5) is 0 Å². The van der Waals surface area contributed by atoms with Gasteiger partial charge in [-0.1, -0.05) is 12.1 Å². The zero-order valence-electron chi connectivity index (χ0n) is 10.6. The predicted molar refractivity (Wildman–Crippen MR) is 78.8 cm³/mol. The van der Waals surface area contributed by atoms with Gasteiger partial charge < -0.3 is 14.7 Å². The van der Waals surface area contributed by atoms with Gasteiger partial charge in [-0.2, -0.15) is 0 Å². The molecule has 0 bridgehead atoms. The smallest absolute Gasteiger partial charge is 0.255 e. The fourth-order valence-corrected chi connectivity index (χ4v) is 2.21. The van der Waals surface area contributed by atoms with Crippen LogP contribution in [0.15, 0.2) is 18.2 Å². The van der Waals surface area contributed by atoms with Crippen molar-refractivity contribution in [3.8, 4) is 0 Å². The average Bonchev–Trinajstić information content (AvgIpc) is 2.37. The summed E-state index contributed by atoms with van der Waals surface area (Å²) in [5.41, 5.74) is 1.76. The molecule has 18 heavy (non-hydrogen) atoms. The van der Waals surface area contributed by atoms with E-state index in [9.17, 15) is 4.79 Å². The largest absolute Gasteiger partial charge is 0.395 e. The van der Waals surface area contributed by atoms with Crippen LogP contribution in [-0.2, 0) is 4.74 Å². The van der Waals surface area contributed by atoms with Crippen molar-refractivity contribution in [2.75, 3.05) is 33.4 Å². The van der Waals surface area contributed by atoms with Crippen LogP contribution in [-0.4, -0.2) is 49.3 Å². The lowest BCUT2D eigenvalue weighted by Gasteiger charge is -2.22. The first kappa shape index (κ1) is 15.4. The van der Waals surface area contributed by atoms with E-state index in [1.165, 1.54) is 0 Å². The summed E-state index contributed by atoms with van der Waals surface area (Å²) < 4.78 is 5.94. The number of carbonyl (C=O) groups is 1. The number of ether oxygens (including phenoxy) is 1. The van der Waals surface area contributed by atoms with Gasteiger partial charge in [0.05, 0.1) is 18.8 Å². The second kappa shape index (κ2) is 7.70. The highest BCUT2D eigenvalue weighted by Crippen LogP contribution is 2.18. The van der Waals surface area contributed by atoms with Crippen molar-refractivity contribution in [1.29, 1.82) is 0 Å². The zero-order chi connectivity index (χ0) is 13.5. The molecule has 0 heterocycles. The number of benzene rings is 1. The molecule has 0 fully saturated rings. The van der Waals surface area contributed by atoms with E-state index in [0.717, 1.165) is 9.13 Å². The fourth-order valence-electron chi connectivity index (χ4n) is 1.62. The second-order valence-electron chi connectivity index (χ2n) is 3.95. The third kappa shape index (κ3) is 3.93. The van der Waals surface area contributed by atoms with Crippen LogP contribution in [0.3, 0.4) is 0 Å². The van der Waals surface area contributed by atoms with Gasteiger partial charge in [0.15, 0.2) is 0 Å². The van der Waals surface area contributed by atoms with Crippen LogP contribution < -0.4 is 0 Å². The number of rotatable bonds is 6. The maximum Gasteiger partial charge on any atom is 0.255 e. The van der Waals surface area contributed by atoms with E-state index in [2.05, 4.69) is 22.6 Å². The second-order valence-corrected chi connectivity index (χ2v) is 5.02. The Morgan fingerprint density at radius 3 is 2.78 bits per heavy atom. The van der Waals surface area contributed by atoms with Crippen molar-refractivity contribution in [2.24, 2.45) is 0 Å². The summed E-state index contributed by atoms with van der Waals surface area (Å²) in [6.45, 7) is 3.21. The number of hydrogen-bond acceptors (Lipinski definition) is 3. The van der Waals surface area contributed by atoms with Crippen LogP contribution in [0.5, 0.6) is 0 Å². The van der Waals surface area contributed by atoms with Crippen LogP contribution in [0.25, 0.3) is 0 Å². The first-order valence-corrected chi connectivity index (χ1v) is 6.84. The highest BCUT2D eigenvalue weighted by Gasteiger charge is 2.18. The van der Waals surface area contributed by atoms with Crippen molar-refractivity contribution in [3.63, 3.8) is 0 Å². The molecule has 0 saturated heterocycles. The Kier molecular flexibility index (Phi) is 6.59. The summed E-state index contributed by atoms with van der Waals surface area (Å²) in [7, 11) is 1.60. The molecule has 4 nitrogen and oxygen atoms in total. The number of amides is 1. The average molecular weight is 363 g/mol. The minimum Gasteiger partial charge on any atom is -0.395 e. The van der Waals surface area contributed by atoms with Gasteiger partial charge in [-0.25, -0.2) is 0 Å². The number of aliphatic hydroxyl groups excluding tert-OH is 1. The Hall–Kier alpha value is -0.660. The molecule has 1 amide bonds. The lowest BCUT2D eigenvalue weighted by atomic mass is 10.1. The standard InChI is InChI=1S/C13H18INO3/c1-10-4-3-5-11(12(10)14)13(17)15(6-8-16)7-9-18-2/h3-5,16H,6-9H2,1-2H3. The Morgan fingerprint density at radius 2 is 2.17 bits per heavy atom. The first-order valence-electron chi connectivity index (χ1n) is 5.76. The maximum absolute atomic E-state index is 12.4. The van der Waals surface area contributed by atoms with Crippen LogP contribution in [0.2, 0.25) is 0 Å². The van der Waals surface area contributed by atoms with Crippen LogP contribution >= 0.6 is 22.6 Å². The zero-order valence-corrected chi connectivity index (χ0v) is 12.8. The summed E-state index contributed by atoms with van der Waals surface area (Å²) >= 11 is 2.18. The Morgan fingerprint density at radius 1 is 1.44 bits per heavy atom. The third-order valence-electron chi connectivity index (χ3n) is 2.64. The van der Waals surface area contributed by atoms with E-state index in [1.54, 1.807) is 12.0 Å². The van der Waals surface area contributed by atoms with E-state index in [0.29, 0.717) is 25.3 Å². The molecule has 100 valence electrons. The van der Waals surface area contributed by atoms with Crippen molar-refractivity contribution < 1.29 is 14.6 Å². The van der Waals surface area contributed by atoms with E-state index in [-0.39, 0.29) is 12.5 Å². The normalized spacial score (nSPS) is 10.4. The van der Waals surface area contributed by atoms with Gasteiger partial charge in [0.1, 0.15) is 0 Å². The maximum atomic E-state index is 12.4. The molecule has 0 aliphatic rings. The van der Waals surface area contributed by atoms with Crippen molar-refractivity contribution in [1.82, 2.24) is 4.90 Å². The van der Waals surface area contributed by atoms with Crippen molar-refractivity contribution in [3.05, 3.63) is 32.9 Å². The van der Waals surface area contributed by atoms with Gasteiger partial charge in [-0.15, -0.1) is 0 Å². The molecule has 1 rings (SSSR count). The molecular weight excluding hydrogens is 345 g/mol. The molecule has 0 aromatic heterocycles. The Labute approximate surface area is 121 Å². The minimum atomic E-state index is -0.0609. The van der Waals surface area contributed by atoms with E-state index in [4.69, 9.17) is 9.84 Å². The van der Waals surface area contributed by atoms with Crippen molar-refractivity contribution >= 4 is 28.5 Å². The quantitative estimate of drug-likeness (QED) is 0.783. The minimum absolute atomic E-state index is 0.0438. The van der Waals surface area contributed by atoms with Gasteiger partial charge in [-0.05, 0) is 41.1 Å². The lowest BCUT2D eigenvalue weighted by molar-refractivity contribution is 0.0655. The molecule has 0 saturated carbocycles. The highest BCUT2D eigenvalue weighted by molar-refractivity contribution is 14.1. The highest BCUT2D eigenvalue weighted by atomic mass is 127. The summed E-state index contributed by atoms with van der Waals surface area (Å²) in [5.74, 6) is -0.0609. The number of carbonyl (C=O) groups excluding carboxylic acids is 1. The lowest BCUT2D eigenvalue weighted by Crippen LogP contribution is -2.36.